The molecule has 0 amide bonds. The van der Waals surface area contributed by atoms with Crippen molar-refractivity contribution in [1.82, 2.24) is 9.78 Å². The summed E-state index contributed by atoms with van der Waals surface area (Å²) in [4.78, 5) is 0. The standard InChI is InChI=1S/C15H27N3O/c1-2-3-4-9-19-15-10-17-18(12-15)11-13-5-7-14(16)8-6-13/h10,12-14H,2-9,11,16H2,1H3. The van der Waals surface area contributed by atoms with Gasteiger partial charge in [0.25, 0.3) is 0 Å². The third-order valence-electron chi connectivity index (χ3n) is 3.96. The van der Waals surface area contributed by atoms with E-state index in [1.807, 2.05) is 17.1 Å². The predicted molar refractivity (Wildman–Crippen MR) is 77.2 cm³/mol. The van der Waals surface area contributed by atoms with Crippen LogP contribution >= 0.6 is 0 Å². The minimum atomic E-state index is 0.423. The number of ether oxygens (including phenoxy) is 1. The van der Waals surface area contributed by atoms with Gasteiger partial charge in [0.05, 0.1) is 19.0 Å². The second-order valence-electron chi connectivity index (χ2n) is 5.73. The Hall–Kier alpha value is -1.03. The number of unbranched alkanes of at least 4 members (excludes halogenated alkanes) is 2. The summed E-state index contributed by atoms with van der Waals surface area (Å²) in [6.45, 7) is 4.01. The summed E-state index contributed by atoms with van der Waals surface area (Å²) < 4.78 is 7.72. The smallest absolute Gasteiger partial charge is 0.157 e. The first kappa shape index (κ1) is 14.4. The van der Waals surface area contributed by atoms with Gasteiger partial charge in [0.15, 0.2) is 5.75 Å². The SMILES string of the molecule is CCCCCOc1cnn(CC2CCC(N)CC2)c1. The van der Waals surface area contributed by atoms with Crippen LogP contribution in [0.25, 0.3) is 0 Å². The third kappa shape index (κ3) is 4.86. The molecular formula is C15H27N3O. The molecular weight excluding hydrogens is 238 g/mol. The molecule has 2 N–H and O–H groups in total. The van der Waals surface area contributed by atoms with Crippen LogP contribution in [0, 0.1) is 5.92 Å². The highest BCUT2D eigenvalue weighted by Gasteiger charge is 2.19. The molecule has 1 aliphatic rings. The zero-order valence-corrected chi connectivity index (χ0v) is 12.1. The quantitative estimate of drug-likeness (QED) is 0.771. The second-order valence-corrected chi connectivity index (χ2v) is 5.73. The number of aromatic nitrogens is 2. The summed E-state index contributed by atoms with van der Waals surface area (Å²) in [6, 6.07) is 0.423. The maximum atomic E-state index is 5.93. The Morgan fingerprint density at radius 1 is 1.32 bits per heavy atom. The highest BCUT2D eigenvalue weighted by molar-refractivity contribution is 5.11. The first-order chi connectivity index (χ1) is 9.28. The molecule has 0 unspecified atom stereocenters. The lowest BCUT2D eigenvalue weighted by molar-refractivity contribution is 0.283. The van der Waals surface area contributed by atoms with Crippen LogP contribution in [0.1, 0.15) is 51.9 Å². The van der Waals surface area contributed by atoms with Crippen molar-refractivity contribution < 1.29 is 4.74 Å². The van der Waals surface area contributed by atoms with E-state index >= 15 is 0 Å². The van der Waals surface area contributed by atoms with Crippen LogP contribution in [0.2, 0.25) is 0 Å². The van der Waals surface area contributed by atoms with Crippen molar-refractivity contribution in [2.24, 2.45) is 11.7 Å². The lowest BCUT2D eigenvalue weighted by Crippen LogP contribution is -2.28. The van der Waals surface area contributed by atoms with Crippen LogP contribution in [0.15, 0.2) is 12.4 Å². The van der Waals surface area contributed by atoms with E-state index in [-0.39, 0.29) is 0 Å². The summed E-state index contributed by atoms with van der Waals surface area (Å²) in [7, 11) is 0. The van der Waals surface area contributed by atoms with E-state index in [4.69, 9.17) is 10.5 Å². The van der Waals surface area contributed by atoms with Crippen LogP contribution in [0.3, 0.4) is 0 Å². The lowest BCUT2D eigenvalue weighted by Gasteiger charge is -2.25. The number of rotatable bonds is 7. The molecule has 1 aromatic heterocycles. The molecule has 0 saturated heterocycles. The maximum Gasteiger partial charge on any atom is 0.157 e. The van der Waals surface area contributed by atoms with Crippen molar-refractivity contribution in [1.29, 1.82) is 0 Å². The van der Waals surface area contributed by atoms with Gasteiger partial charge in [0, 0.05) is 12.6 Å². The summed E-state index contributed by atoms with van der Waals surface area (Å²) >= 11 is 0. The Labute approximate surface area is 116 Å². The van der Waals surface area contributed by atoms with Gasteiger partial charge in [-0.05, 0) is 38.0 Å². The fraction of sp³-hybridized carbons (Fsp3) is 0.800. The molecule has 0 aromatic carbocycles. The fourth-order valence-corrected chi connectivity index (χ4v) is 2.70. The molecule has 1 fully saturated rings. The van der Waals surface area contributed by atoms with E-state index in [1.165, 1.54) is 25.7 Å². The first-order valence-corrected chi connectivity index (χ1v) is 7.68. The number of hydrogen-bond acceptors (Lipinski definition) is 3. The summed E-state index contributed by atoms with van der Waals surface area (Å²) in [5.74, 6) is 1.64. The summed E-state index contributed by atoms with van der Waals surface area (Å²) in [5.41, 5.74) is 5.93. The van der Waals surface area contributed by atoms with Gasteiger partial charge < -0.3 is 10.5 Å². The van der Waals surface area contributed by atoms with Gasteiger partial charge in [0.2, 0.25) is 0 Å². The summed E-state index contributed by atoms with van der Waals surface area (Å²) in [5, 5.41) is 4.39. The monoisotopic (exact) mass is 265 g/mol. The van der Waals surface area contributed by atoms with Crippen molar-refractivity contribution in [3.63, 3.8) is 0 Å². The zero-order valence-electron chi connectivity index (χ0n) is 12.1. The molecule has 0 spiro atoms. The molecule has 0 radical (unpaired) electrons. The van der Waals surface area contributed by atoms with Gasteiger partial charge in [0.1, 0.15) is 0 Å². The average molecular weight is 265 g/mol. The molecule has 0 bridgehead atoms. The van der Waals surface area contributed by atoms with Crippen LogP contribution in [0.5, 0.6) is 5.75 Å². The number of nitrogens with two attached hydrogens (primary N) is 1. The predicted octanol–water partition coefficient (Wildman–Crippen LogP) is 2.97. The number of hydrogen-bond donors (Lipinski definition) is 1. The molecule has 108 valence electrons. The Bertz CT molecular complexity index is 356. The summed E-state index contributed by atoms with van der Waals surface area (Å²) in [6.07, 6.45) is 12.2. The highest BCUT2D eigenvalue weighted by atomic mass is 16.5. The van der Waals surface area contributed by atoms with E-state index in [1.54, 1.807) is 0 Å². The van der Waals surface area contributed by atoms with Crippen molar-refractivity contribution in [3.05, 3.63) is 12.4 Å². The zero-order chi connectivity index (χ0) is 13.5. The van der Waals surface area contributed by atoms with Gasteiger partial charge in [-0.3, -0.25) is 4.68 Å². The Balaban J connectivity index is 1.71. The number of nitrogens with zero attached hydrogens (tertiary/aromatic N) is 2. The van der Waals surface area contributed by atoms with Crippen LogP contribution in [-0.4, -0.2) is 22.4 Å². The molecule has 0 atom stereocenters. The van der Waals surface area contributed by atoms with E-state index in [0.29, 0.717) is 6.04 Å². The van der Waals surface area contributed by atoms with Gasteiger partial charge in [-0.25, -0.2) is 0 Å². The van der Waals surface area contributed by atoms with E-state index in [2.05, 4.69) is 12.0 Å². The molecule has 1 aliphatic carbocycles. The minimum absolute atomic E-state index is 0.423. The van der Waals surface area contributed by atoms with Crippen molar-refractivity contribution in [2.45, 2.75) is 64.5 Å². The van der Waals surface area contributed by atoms with E-state index < -0.39 is 0 Å². The largest absolute Gasteiger partial charge is 0.490 e. The third-order valence-corrected chi connectivity index (χ3v) is 3.96. The Morgan fingerprint density at radius 2 is 2.11 bits per heavy atom. The van der Waals surface area contributed by atoms with Crippen molar-refractivity contribution in [2.75, 3.05) is 6.61 Å². The molecule has 1 heterocycles. The minimum Gasteiger partial charge on any atom is -0.490 e. The van der Waals surface area contributed by atoms with Crippen LogP contribution in [-0.2, 0) is 6.54 Å². The van der Waals surface area contributed by atoms with Gasteiger partial charge in [-0.15, -0.1) is 0 Å². The van der Waals surface area contributed by atoms with Crippen molar-refractivity contribution >= 4 is 0 Å². The Morgan fingerprint density at radius 3 is 2.84 bits per heavy atom. The molecule has 19 heavy (non-hydrogen) atoms. The van der Waals surface area contributed by atoms with Crippen molar-refractivity contribution in [3.8, 4) is 5.75 Å². The molecule has 4 heteroatoms. The van der Waals surface area contributed by atoms with Gasteiger partial charge >= 0.3 is 0 Å². The fourth-order valence-electron chi connectivity index (χ4n) is 2.70. The maximum absolute atomic E-state index is 5.93. The van der Waals surface area contributed by atoms with E-state index in [9.17, 15) is 0 Å². The molecule has 0 aliphatic heterocycles. The van der Waals surface area contributed by atoms with Crippen LogP contribution in [0.4, 0.5) is 0 Å². The Kier molecular flexibility index (Phi) is 5.70. The first-order valence-electron chi connectivity index (χ1n) is 7.68. The molecule has 2 rings (SSSR count). The normalized spacial score (nSPS) is 23.5. The van der Waals surface area contributed by atoms with E-state index in [0.717, 1.165) is 44.1 Å². The topological polar surface area (TPSA) is 53.1 Å². The average Bonchev–Trinajstić information content (AvgIpc) is 2.85. The molecule has 1 saturated carbocycles. The van der Waals surface area contributed by atoms with Crippen LogP contribution < -0.4 is 10.5 Å². The second kappa shape index (κ2) is 7.53. The molecule has 1 aromatic rings. The molecule has 4 nitrogen and oxygen atoms in total. The lowest BCUT2D eigenvalue weighted by atomic mass is 9.86. The van der Waals surface area contributed by atoms with Gasteiger partial charge in [-0.1, -0.05) is 19.8 Å². The highest BCUT2D eigenvalue weighted by Crippen LogP contribution is 2.24. The van der Waals surface area contributed by atoms with Gasteiger partial charge in [-0.2, -0.15) is 5.10 Å².